The Morgan fingerprint density at radius 1 is 1.64 bits per heavy atom. The first kappa shape index (κ1) is 13.0. The van der Waals surface area contributed by atoms with E-state index in [9.17, 15) is 13.6 Å². The molecule has 82 valence electrons. The second-order valence-electron chi connectivity index (χ2n) is 2.77. The number of aliphatic hydroxyl groups excluding tert-OH is 1. The van der Waals surface area contributed by atoms with Gasteiger partial charge in [0.05, 0.1) is 0 Å². The topological polar surface area (TPSA) is 75.3 Å². The molecular formula is C8H14F2N2O2. The Balaban J connectivity index is 3.96. The minimum absolute atomic E-state index is 0.164. The summed E-state index contributed by atoms with van der Waals surface area (Å²) in [6.07, 6.45) is -3.54. The van der Waals surface area contributed by atoms with Gasteiger partial charge in [-0.3, -0.25) is 4.79 Å². The van der Waals surface area contributed by atoms with Crippen LogP contribution < -0.4 is 11.1 Å². The third-order valence-corrected chi connectivity index (χ3v) is 1.55. The van der Waals surface area contributed by atoms with E-state index in [0.717, 1.165) is 0 Å². The standard InChI is InChI=1S/C8H14F2N2O2/c1-2-3-12-8(14)7(13)5(11)4-6(9)10/h2,5-7,13H,1,3-4,11H2,(H,12,14). The number of nitrogens with two attached hydrogens (primary N) is 1. The van der Waals surface area contributed by atoms with Crippen LogP contribution in [0.1, 0.15) is 6.42 Å². The number of amides is 1. The number of nitrogens with one attached hydrogen (secondary N) is 1. The van der Waals surface area contributed by atoms with Crippen LogP contribution >= 0.6 is 0 Å². The summed E-state index contributed by atoms with van der Waals surface area (Å²) in [5, 5.41) is 11.4. The number of hydrogen-bond donors (Lipinski definition) is 3. The van der Waals surface area contributed by atoms with Gasteiger partial charge in [-0.1, -0.05) is 6.08 Å². The van der Waals surface area contributed by atoms with Crippen molar-refractivity contribution in [1.82, 2.24) is 5.32 Å². The smallest absolute Gasteiger partial charge is 0.250 e. The van der Waals surface area contributed by atoms with Gasteiger partial charge in [-0.05, 0) is 0 Å². The number of carbonyl (C=O) groups excluding carboxylic acids is 1. The Hall–Kier alpha value is -1.01. The number of halogens is 2. The fraction of sp³-hybridized carbons (Fsp3) is 0.625. The molecule has 4 nitrogen and oxygen atoms in total. The van der Waals surface area contributed by atoms with Gasteiger partial charge in [0.15, 0.2) is 0 Å². The van der Waals surface area contributed by atoms with Crippen LogP contribution in [0, 0.1) is 0 Å². The molecule has 0 heterocycles. The molecule has 0 rings (SSSR count). The minimum atomic E-state index is -2.63. The predicted octanol–water partition coefficient (Wildman–Crippen LogP) is -0.368. The summed E-state index contributed by atoms with van der Waals surface area (Å²) in [6.45, 7) is 3.50. The minimum Gasteiger partial charge on any atom is -0.382 e. The van der Waals surface area contributed by atoms with E-state index < -0.39 is 30.9 Å². The molecule has 0 fully saturated rings. The summed E-state index contributed by atoms with van der Waals surface area (Å²) in [4.78, 5) is 11.0. The van der Waals surface area contributed by atoms with Crippen molar-refractivity contribution in [3.63, 3.8) is 0 Å². The van der Waals surface area contributed by atoms with Gasteiger partial charge in [-0.2, -0.15) is 0 Å². The molecular weight excluding hydrogens is 194 g/mol. The molecule has 0 aromatic heterocycles. The summed E-state index contributed by atoms with van der Waals surface area (Å²) in [7, 11) is 0. The molecule has 2 unspecified atom stereocenters. The Morgan fingerprint density at radius 2 is 2.21 bits per heavy atom. The van der Waals surface area contributed by atoms with Crippen LogP contribution in [0.25, 0.3) is 0 Å². The van der Waals surface area contributed by atoms with Crippen molar-refractivity contribution in [2.45, 2.75) is 25.0 Å². The average molecular weight is 208 g/mol. The van der Waals surface area contributed by atoms with E-state index in [-0.39, 0.29) is 6.54 Å². The van der Waals surface area contributed by atoms with Gasteiger partial charge in [-0.15, -0.1) is 6.58 Å². The fourth-order valence-electron chi connectivity index (χ4n) is 0.806. The number of alkyl halides is 2. The third kappa shape index (κ3) is 4.88. The van der Waals surface area contributed by atoms with Crippen molar-refractivity contribution in [2.75, 3.05) is 6.54 Å². The number of rotatable bonds is 6. The van der Waals surface area contributed by atoms with E-state index in [4.69, 9.17) is 10.8 Å². The molecule has 14 heavy (non-hydrogen) atoms. The van der Waals surface area contributed by atoms with E-state index in [1.54, 1.807) is 0 Å². The highest BCUT2D eigenvalue weighted by atomic mass is 19.3. The molecule has 0 saturated carbocycles. The first-order valence-corrected chi connectivity index (χ1v) is 4.09. The average Bonchev–Trinajstić information content (AvgIpc) is 2.11. The molecule has 0 radical (unpaired) electrons. The van der Waals surface area contributed by atoms with E-state index >= 15 is 0 Å². The summed E-state index contributed by atoms with van der Waals surface area (Å²) in [6, 6.07) is -1.25. The van der Waals surface area contributed by atoms with Crippen LogP contribution in [0.2, 0.25) is 0 Å². The zero-order valence-corrected chi connectivity index (χ0v) is 7.62. The van der Waals surface area contributed by atoms with E-state index in [1.807, 2.05) is 0 Å². The van der Waals surface area contributed by atoms with Gasteiger partial charge < -0.3 is 16.2 Å². The van der Waals surface area contributed by atoms with Crippen molar-refractivity contribution in [3.8, 4) is 0 Å². The van der Waals surface area contributed by atoms with Gasteiger partial charge in [0.25, 0.3) is 5.91 Å². The lowest BCUT2D eigenvalue weighted by atomic mass is 10.1. The molecule has 4 N–H and O–H groups in total. The SMILES string of the molecule is C=CCNC(=O)C(O)C(N)CC(F)F. The van der Waals surface area contributed by atoms with Crippen LogP contribution in [-0.4, -0.2) is 36.1 Å². The maximum Gasteiger partial charge on any atom is 0.250 e. The lowest BCUT2D eigenvalue weighted by Crippen LogP contribution is -2.47. The quantitative estimate of drug-likeness (QED) is 0.521. The van der Waals surface area contributed by atoms with Crippen LogP contribution in [0.4, 0.5) is 8.78 Å². The lowest BCUT2D eigenvalue weighted by molar-refractivity contribution is -0.130. The Morgan fingerprint density at radius 3 is 2.64 bits per heavy atom. The highest BCUT2D eigenvalue weighted by molar-refractivity contribution is 5.81. The Kier molecular flexibility index (Phi) is 5.98. The molecule has 0 aromatic rings. The van der Waals surface area contributed by atoms with Crippen molar-refractivity contribution < 1.29 is 18.7 Å². The summed E-state index contributed by atoms with van der Waals surface area (Å²) in [5.41, 5.74) is 5.17. The molecule has 0 saturated heterocycles. The fourth-order valence-corrected chi connectivity index (χ4v) is 0.806. The van der Waals surface area contributed by atoms with Gasteiger partial charge >= 0.3 is 0 Å². The van der Waals surface area contributed by atoms with E-state index in [0.29, 0.717) is 0 Å². The second-order valence-corrected chi connectivity index (χ2v) is 2.77. The lowest BCUT2D eigenvalue weighted by Gasteiger charge is -2.17. The summed E-state index contributed by atoms with van der Waals surface area (Å²) < 4.78 is 23.6. The van der Waals surface area contributed by atoms with Crippen LogP contribution in [0.3, 0.4) is 0 Å². The Labute approximate surface area is 80.8 Å². The second kappa shape index (κ2) is 6.44. The van der Waals surface area contributed by atoms with E-state index in [2.05, 4.69) is 11.9 Å². The molecule has 1 amide bonds. The first-order chi connectivity index (χ1) is 6.49. The predicted molar refractivity (Wildman–Crippen MR) is 47.8 cm³/mol. The first-order valence-electron chi connectivity index (χ1n) is 4.09. The van der Waals surface area contributed by atoms with Crippen molar-refractivity contribution in [2.24, 2.45) is 5.73 Å². The largest absolute Gasteiger partial charge is 0.382 e. The molecule has 0 aliphatic carbocycles. The van der Waals surface area contributed by atoms with E-state index in [1.165, 1.54) is 6.08 Å². The Bertz CT molecular complexity index is 200. The molecule has 0 aliphatic rings. The normalized spacial score (nSPS) is 14.9. The van der Waals surface area contributed by atoms with Crippen LogP contribution in [0.5, 0.6) is 0 Å². The zero-order valence-electron chi connectivity index (χ0n) is 7.62. The number of aliphatic hydroxyl groups is 1. The van der Waals surface area contributed by atoms with Crippen LogP contribution in [-0.2, 0) is 4.79 Å². The number of hydrogen-bond acceptors (Lipinski definition) is 3. The highest BCUT2D eigenvalue weighted by Gasteiger charge is 2.24. The molecule has 0 aromatic carbocycles. The molecule has 6 heteroatoms. The maximum absolute atomic E-state index is 11.8. The van der Waals surface area contributed by atoms with Crippen LogP contribution in [0.15, 0.2) is 12.7 Å². The molecule has 0 spiro atoms. The summed E-state index contributed by atoms with van der Waals surface area (Å²) in [5.74, 6) is -0.766. The molecule has 2 atom stereocenters. The third-order valence-electron chi connectivity index (χ3n) is 1.55. The van der Waals surface area contributed by atoms with Crippen molar-refractivity contribution >= 4 is 5.91 Å². The maximum atomic E-state index is 11.8. The molecule has 0 aliphatic heterocycles. The van der Waals surface area contributed by atoms with Gasteiger partial charge in [0.2, 0.25) is 6.43 Å². The number of carbonyl (C=O) groups is 1. The van der Waals surface area contributed by atoms with Gasteiger partial charge in [-0.25, -0.2) is 8.78 Å². The van der Waals surface area contributed by atoms with Gasteiger partial charge in [0, 0.05) is 19.0 Å². The summed E-state index contributed by atoms with van der Waals surface area (Å²) >= 11 is 0. The zero-order chi connectivity index (χ0) is 11.1. The van der Waals surface area contributed by atoms with Crippen molar-refractivity contribution in [3.05, 3.63) is 12.7 Å². The van der Waals surface area contributed by atoms with Gasteiger partial charge in [0.1, 0.15) is 6.10 Å². The monoisotopic (exact) mass is 208 g/mol. The highest BCUT2D eigenvalue weighted by Crippen LogP contribution is 2.05. The molecule has 0 bridgehead atoms. The van der Waals surface area contributed by atoms with Crippen molar-refractivity contribution in [1.29, 1.82) is 0 Å².